The Hall–Kier alpha value is -3.00. The summed E-state index contributed by atoms with van der Waals surface area (Å²) in [5, 5.41) is 15.8. The number of hydrogen-bond acceptors (Lipinski definition) is 6. The third-order valence-corrected chi connectivity index (χ3v) is 4.80. The van der Waals surface area contributed by atoms with Crippen LogP contribution in [0.3, 0.4) is 0 Å². The number of morpholine rings is 1. The molecule has 1 aromatic carbocycles. The molecular weight excluding hydrogens is 356 g/mol. The van der Waals surface area contributed by atoms with E-state index in [0.717, 1.165) is 22.9 Å². The van der Waals surface area contributed by atoms with Gasteiger partial charge in [0, 0.05) is 25.2 Å². The van der Waals surface area contributed by atoms with E-state index in [1.165, 1.54) is 0 Å². The molecule has 146 valence electrons. The molecule has 4 rings (SSSR count). The van der Waals surface area contributed by atoms with Crippen LogP contribution in [0.4, 0.5) is 5.82 Å². The number of benzene rings is 1. The number of aromatic nitrogens is 4. The molecular formula is C20H24N6O2. The minimum absolute atomic E-state index is 0.0525. The van der Waals surface area contributed by atoms with Crippen LogP contribution in [0.25, 0.3) is 5.65 Å². The summed E-state index contributed by atoms with van der Waals surface area (Å²) in [7, 11) is 0. The average molecular weight is 380 g/mol. The molecule has 3 aromatic rings. The fourth-order valence-electron chi connectivity index (χ4n) is 3.47. The second kappa shape index (κ2) is 7.55. The van der Waals surface area contributed by atoms with Gasteiger partial charge < -0.3 is 15.0 Å². The molecule has 1 amide bonds. The van der Waals surface area contributed by atoms with Crippen LogP contribution >= 0.6 is 0 Å². The maximum atomic E-state index is 12.7. The van der Waals surface area contributed by atoms with Crippen LogP contribution in [0.15, 0.2) is 36.4 Å². The molecule has 8 heteroatoms. The fraction of sp³-hybridized carbons (Fsp3) is 0.400. The molecule has 8 nitrogen and oxygen atoms in total. The maximum absolute atomic E-state index is 12.7. The number of nitrogens with zero attached hydrogens (tertiary/aromatic N) is 5. The van der Waals surface area contributed by atoms with Crippen molar-refractivity contribution in [2.75, 3.05) is 18.4 Å². The average Bonchev–Trinajstić information content (AvgIpc) is 3.06. The molecule has 0 aliphatic carbocycles. The molecule has 1 N–H and O–H groups in total. The third kappa shape index (κ3) is 3.82. The molecule has 0 bridgehead atoms. The third-order valence-electron chi connectivity index (χ3n) is 4.80. The van der Waals surface area contributed by atoms with Gasteiger partial charge in [0.25, 0.3) is 5.91 Å². The monoisotopic (exact) mass is 380 g/mol. The molecule has 3 heterocycles. The number of anilines is 1. The minimum atomic E-state index is 0.0525. The molecule has 1 saturated heterocycles. The first-order chi connectivity index (χ1) is 13.5. The Morgan fingerprint density at radius 1 is 1.11 bits per heavy atom. The van der Waals surface area contributed by atoms with Crippen LogP contribution in [0.5, 0.6) is 0 Å². The van der Waals surface area contributed by atoms with Gasteiger partial charge in [0.15, 0.2) is 11.5 Å². The zero-order valence-electron chi connectivity index (χ0n) is 16.3. The zero-order chi connectivity index (χ0) is 19.7. The van der Waals surface area contributed by atoms with E-state index >= 15 is 0 Å². The summed E-state index contributed by atoms with van der Waals surface area (Å²) in [4.78, 5) is 14.6. The van der Waals surface area contributed by atoms with Gasteiger partial charge in [-0.2, -0.15) is 4.52 Å². The highest BCUT2D eigenvalue weighted by Crippen LogP contribution is 2.15. The Balaban J connectivity index is 1.40. The Morgan fingerprint density at radius 2 is 1.82 bits per heavy atom. The quantitative estimate of drug-likeness (QED) is 0.748. The first-order valence-electron chi connectivity index (χ1n) is 9.46. The first-order valence-corrected chi connectivity index (χ1v) is 9.46. The lowest BCUT2D eigenvalue weighted by Gasteiger charge is -2.35. The van der Waals surface area contributed by atoms with Gasteiger partial charge in [-0.1, -0.05) is 12.1 Å². The first kappa shape index (κ1) is 18.4. The van der Waals surface area contributed by atoms with E-state index in [1.54, 1.807) is 4.52 Å². The number of carbonyl (C=O) groups is 1. The second-order valence-electron chi connectivity index (χ2n) is 7.25. The van der Waals surface area contributed by atoms with Gasteiger partial charge >= 0.3 is 0 Å². The van der Waals surface area contributed by atoms with Crippen LogP contribution in [-0.4, -0.2) is 55.9 Å². The smallest absolute Gasteiger partial charge is 0.254 e. The standard InChI is InChI=1S/C20H24N6O2/c1-13-11-25(12-14(2)28-13)20(27)17-6-4-16(5-7-17)10-21-18-8-9-19-23-22-15(3)26(19)24-18/h4-9,13-14H,10-12H2,1-3H3,(H,21,24). The predicted molar refractivity (Wildman–Crippen MR) is 105 cm³/mol. The van der Waals surface area contributed by atoms with Crippen molar-refractivity contribution < 1.29 is 9.53 Å². The summed E-state index contributed by atoms with van der Waals surface area (Å²) in [6.07, 6.45) is 0.130. The second-order valence-corrected chi connectivity index (χ2v) is 7.25. The van der Waals surface area contributed by atoms with E-state index < -0.39 is 0 Å². The van der Waals surface area contributed by atoms with Crippen molar-refractivity contribution in [2.45, 2.75) is 39.5 Å². The molecule has 0 saturated carbocycles. The summed E-state index contributed by atoms with van der Waals surface area (Å²) in [5.74, 6) is 1.54. The van der Waals surface area contributed by atoms with Crippen LogP contribution in [0.2, 0.25) is 0 Å². The minimum Gasteiger partial charge on any atom is -0.372 e. The molecule has 28 heavy (non-hydrogen) atoms. The lowest BCUT2D eigenvalue weighted by Crippen LogP contribution is -2.48. The summed E-state index contributed by atoms with van der Waals surface area (Å²) < 4.78 is 7.41. The number of ether oxygens (including phenoxy) is 1. The van der Waals surface area contributed by atoms with Gasteiger partial charge in [-0.3, -0.25) is 4.79 Å². The van der Waals surface area contributed by atoms with E-state index in [1.807, 2.05) is 62.1 Å². The fourth-order valence-corrected chi connectivity index (χ4v) is 3.47. The topological polar surface area (TPSA) is 84.7 Å². The van der Waals surface area contributed by atoms with E-state index in [4.69, 9.17) is 4.74 Å². The number of hydrogen-bond donors (Lipinski definition) is 1. The van der Waals surface area contributed by atoms with Crippen molar-refractivity contribution in [3.05, 3.63) is 53.3 Å². The summed E-state index contributed by atoms with van der Waals surface area (Å²) >= 11 is 0. The van der Waals surface area contributed by atoms with Gasteiger partial charge in [-0.05, 0) is 50.6 Å². The molecule has 2 aromatic heterocycles. The number of amides is 1. The van der Waals surface area contributed by atoms with Gasteiger partial charge in [-0.15, -0.1) is 15.3 Å². The molecule has 2 atom stereocenters. The van der Waals surface area contributed by atoms with E-state index in [2.05, 4.69) is 20.6 Å². The summed E-state index contributed by atoms with van der Waals surface area (Å²) in [6.45, 7) is 7.73. The van der Waals surface area contributed by atoms with Crippen LogP contribution in [-0.2, 0) is 11.3 Å². The van der Waals surface area contributed by atoms with Crippen molar-refractivity contribution >= 4 is 17.4 Å². The van der Waals surface area contributed by atoms with Crippen LogP contribution < -0.4 is 5.32 Å². The Bertz CT molecular complexity index is 974. The highest BCUT2D eigenvalue weighted by molar-refractivity contribution is 5.94. The molecule has 0 spiro atoms. The van der Waals surface area contributed by atoms with Gasteiger partial charge in [0.1, 0.15) is 5.82 Å². The lowest BCUT2D eigenvalue weighted by atomic mass is 10.1. The molecule has 1 fully saturated rings. The van der Waals surface area contributed by atoms with Gasteiger partial charge in [0.05, 0.1) is 12.2 Å². The normalized spacial score (nSPS) is 19.8. The Morgan fingerprint density at radius 3 is 2.54 bits per heavy atom. The molecule has 1 aliphatic rings. The van der Waals surface area contributed by atoms with E-state index in [-0.39, 0.29) is 18.1 Å². The molecule has 1 aliphatic heterocycles. The SMILES string of the molecule is Cc1nnc2ccc(NCc3ccc(C(=O)N4CC(C)OC(C)C4)cc3)nn12. The molecule has 0 radical (unpaired) electrons. The summed E-state index contributed by atoms with van der Waals surface area (Å²) in [6, 6.07) is 11.4. The number of aryl methyl sites for hydroxylation is 1. The Kier molecular flexibility index (Phi) is 4.95. The van der Waals surface area contributed by atoms with Crippen LogP contribution in [0.1, 0.15) is 35.6 Å². The van der Waals surface area contributed by atoms with Crippen LogP contribution in [0, 0.1) is 6.92 Å². The van der Waals surface area contributed by atoms with Crippen molar-refractivity contribution in [2.24, 2.45) is 0 Å². The highest BCUT2D eigenvalue weighted by atomic mass is 16.5. The number of rotatable bonds is 4. The number of carbonyl (C=O) groups excluding carboxylic acids is 1. The maximum Gasteiger partial charge on any atom is 0.254 e. The summed E-state index contributed by atoms with van der Waals surface area (Å²) in [5.41, 5.74) is 2.49. The lowest BCUT2D eigenvalue weighted by molar-refractivity contribution is -0.0586. The van der Waals surface area contributed by atoms with E-state index in [0.29, 0.717) is 25.2 Å². The highest BCUT2D eigenvalue weighted by Gasteiger charge is 2.26. The van der Waals surface area contributed by atoms with Crippen molar-refractivity contribution in [1.29, 1.82) is 0 Å². The zero-order valence-corrected chi connectivity index (χ0v) is 16.3. The predicted octanol–water partition coefficient (Wildman–Crippen LogP) is 2.29. The number of fused-ring (bicyclic) bond motifs is 1. The van der Waals surface area contributed by atoms with Crippen molar-refractivity contribution in [1.82, 2.24) is 24.7 Å². The molecule has 2 unspecified atom stereocenters. The number of nitrogens with one attached hydrogen (secondary N) is 1. The van der Waals surface area contributed by atoms with Gasteiger partial charge in [0.2, 0.25) is 0 Å². The largest absolute Gasteiger partial charge is 0.372 e. The van der Waals surface area contributed by atoms with Gasteiger partial charge in [-0.25, -0.2) is 0 Å². The Labute approximate surface area is 163 Å². The van der Waals surface area contributed by atoms with Crippen molar-refractivity contribution in [3.8, 4) is 0 Å². The van der Waals surface area contributed by atoms with E-state index in [9.17, 15) is 4.79 Å². The van der Waals surface area contributed by atoms with Crippen molar-refractivity contribution in [3.63, 3.8) is 0 Å².